The molecule has 1 unspecified atom stereocenters. The highest BCUT2D eigenvalue weighted by atomic mass is 79.9. The van der Waals surface area contributed by atoms with Crippen molar-refractivity contribution in [2.75, 3.05) is 24.6 Å². The number of nitrogens with two attached hydrogens (primary N) is 1. The second-order valence-corrected chi connectivity index (χ2v) is 6.65. The molecule has 0 amide bonds. The molecule has 0 spiro atoms. The smallest absolute Gasteiger partial charge is 0.0608 e. The predicted molar refractivity (Wildman–Crippen MR) is 93.0 cm³/mol. The van der Waals surface area contributed by atoms with Crippen molar-refractivity contribution < 1.29 is 4.74 Å². The van der Waals surface area contributed by atoms with Gasteiger partial charge in [-0.3, -0.25) is 0 Å². The molecule has 0 radical (unpaired) electrons. The number of benzene rings is 1. The lowest BCUT2D eigenvalue weighted by molar-refractivity contribution is 0.0459. The van der Waals surface area contributed by atoms with Crippen molar-refractivity contribution >= 4 is 21.6 Å². The molecule has 21 heavy (non-hydrogen) atoms. The fraction of sp³-hybridized carbons (Fsp3) is 0.647. The van der Waals surface area contributed by atoms with Gasteiger partial charge in [-0.1, -0.05) is 13.0 Å². The quantitative estimate of drug-likeness (QED) is 0.845. The highest BCUT2D eigenvalue weighted by molar-refractivity contribution is 9.10. The molecule has 1 heterocycles. The van der Waals surface area contributed by atoms with Crippen LogP contribution in [0.5, 0.6) is 0 Å². The largest absolute Gasteiger partial charge is 0.378 e. The van der Waals surface area contributed by atoms with Gasteiger partial charge in [0.2, 0.25) is 0 Å². The molecule has 1 fully saturated rings. The summed E-state index contributed by atoms with van der Waals surface area (Å²) < 4.78 is 6.90. The summed E-state index contributed by atoms with van der Waals surface area (Å²) in [6, 6.07) is 6.91. The second-order valence-electron chi connectivity index (χ2n) is 5.80. The molecule has 0 bridgehead atoms. The summed E-state index contributed by atoms with van der Waals surface area (Å²) in [4.78, 5) is 2.45. The number of halogens is 1. The van der Waals surface area contributed by atoms with Crippen molar-refractivity contribution in [2.45, 2.75) is 51.7 Å². The minimum absolute atomic E-state index is 0.254. The van der Waals surface area contributed by atoms with Crippen molar-refractivity contribution in [1.29, 1.82) is 0 Å². The van der Waals surface area contributed by atoms with E-state index in [0.29, 0.717) is 6.10 Å². The summed E-state index contributed by atoms with van der Waals surface area (Å²) in [5, 5.41) is 0. The topological polar surface area (TPSA) is 38.5 Å². The monoisotopic (exact) mass is 354 g/mol. The molecule has 1 saturated heterocycles. The number of rotatable bonds is 6. The van der Waals surface area contributed by atoms with Crippen LogP contribution in [-0.2, 0) is 11.2 Å². The molecule has 118 valence electrons. The van der Waals surface area contributed by atoms with Crippen LogP contribution in [0.25, 0.3) is 0 Å². The van der Waals surface area contributed by atoms with E-state index >= 15 is 0 Å². The SMILES string of the molecule is CCOC1CCN(c2ccc(CC(N)CC)cc2Br)CC1. The summed E-state index contributed by atoms with van der Waals surface area (Å²) in [5.41, 5.74) is 8.64. The van der Waals surface area contributed by atoms with E-state index in [1.165, 1.54) is 15.7 Å². The number of ether oxygens (including phenoxy) is 1. The van der Waals surface area contributed by atoms with Crippen molar-refractivity contribution in [3.05, 3.63) is 28.2 Å². The molecule has 4 heteroatoms. The van der Waals surface area contributed by atoms with Gasteiger partial charge in [-0.15, -0.1) is 0 Å². The van der Waals surface area contributed by atoms with Gasteiger partial charge in [0, 0.05) is 30.2 Å². The molecule has 0 saturated carbocycles. The Morgan fingerprint density at radius 2 is 2.05 bits per heavy atom. The third kappa shape index (κ3) is 4.70. The van der Waals surface area contributed by atoms with Crippen molar-refractivity contribution in [2.24, 2.45) is 5.73 Å². The predicted octanol–water partition coefficient (Wildman–Crippen LogP) is 3.73. The number of anilines is 1. The molecular weight excluding hydrogens is 328 g/mol. The van der Waals surface area contributed by atoms with E-state index < -0.39 is 0 Å². The average molecular weight is 355 g/mol. The van der Waals surface area contributed by atoms with Crippen LogP contribution in [0.15, 0.2) is 22.7 Å². The van der Waals surface area contributed by atoms with Crippen LogP contribution in [0.4, 0.5) is 5.69 Å². The van der Waals surface area contributed by atoms with Crippen molar-refractivity contribution in [3.63, 3.8) is 0 Å². The molecular formula is C17H27BrN2O. The van der Waals surface area contributed by atoms with Crippen molar-refractivity contribution in [1.82, 2.24) is 0 Å². The zero-order valence-corrected chi connectivity index (χ0v) is 14.7. The van der Waals surface area contributed by atoms with E-state index in [4.69, 9.17) is 10.5 Å². The van der Waals surface area contributed by atoms with E-state index in [-0.39, 0.29) is 6.04 Å². The maximum Gasteiger partial charge on any atom is 0.0608 e. The lowest BCUT2D eigenvalue weighted by Crippen LogP contribution is -2.37. The Kier molecular flexibility index (Phi) is 6.52. The van der Waals surface area contributed by atoms with Gasteiger partial charge in [-0.25, -0.2) is 0 Å². The first-order chi connectivity index (χ1) is 10.1. The van der Waals surface area contributed by atoms with Gasteiger partial charge < -0.3 is 15.4 Å². The van der Waals surface area contributed by atoms with Crippen LogP contribution in [0.3, 0.4) is 0 Å². The van der Waals surface area contributed by atoms with Crippen LogP contribution in [0, 0.1) is 0 Å². The van der Waals surface area contributed by atoms with E-state index in [1.54, 1.807) is 0 Å². The van der Waals surface area contributed by atoms with Crippen molar-refractivity contribution in [3.8, 4) is 0 Å². The number of piperidine rings is 1. The molecule has 2 rings (SSSR count). The maximum atomic E-state index is 6.04. The summed E-state index contributed by atoms with van der Waals surface area (Å²) in [5.74, 6) is 0. The summed E-state index contributed by atoms with van der Waals surface area (Å²) in [6.07, 6.45) is 4.63. The van der Waals surface area contributed by atoms with Gasteiger partial charge in [0.1, 0.15) is 0 Å². The number of nitrogens with zero attached hydrogens (tertiary/aromatic N) is 1. The molecule has 3 nitrogen and oxygen atoms in total. The first kappa shape index (κ1) is 16.8. The Balaban J connectivity index is 1.98. The summed E-state index contributed by atoms with van der Waals surface area (Å²) >= 11 is 3.73. The Morgan fingerprint density at radius 3 is 2.62 bits per heavy atom. The van der Waals surface area contributed by atoms with E-state index in [0.717, 1.165) is 45.4 Å². The third-order valence-electron chi connectivity index (χ3n) is 4.22. The van der Waals surface area contributed by atoms with Gasteiger partial charge in [-0.05, 0) is 66.2 Å². The first-order valence-corrected chi connectivity index (χ1v) is 8.83. The third-order valence-corrected chi connectivity index (χ3v) is 4.85. The normalized spacial score (nSPS) is 18.0. The molecule has 0 aromatic heterocycles. The van der Waals surface area contributed by atoms with Gasteiger partial charge in [-0.2, -0.15) is 0 Å². The summed E-state index contributed by atoms with van der Waals surface area (Å²) in [7, 11) is 0. The maximum absolute atomic E-state index is 6.04. The van der Waals surface area contributed by atoms with Crippen LogP contribution < -0.4 is 10.6 Å². The molecule has 1 aliphatic rings. The van der Waals surface area contributed by atoms with Crippen LogP contribution in [0.1, 0.15) is 38.7 Å². The highest BCUT2D eigenvalue weighted by Gasteiger charge is 2.20. The Bertz CT molecular complexity index is 444. The standard InChI is InChI=1S/C17H27BrN2O/c1-3-14(19)11-13-5-6-17(16(18)12-13)20-9-7-15(8-10-20)21-4-2/h5-6,12,14-15H,3-4,7-11,19H2,1-2H3. The summed E-state index contributed by atoms with van der Waals surface area (Å²) in [6.45, 7) is 7.16. The lowest BCUT2D eigenvalue weighted by Gasteiger charge is -2.34. The molecule has 0 aliphatic carbocycles. The Labute approximate surface area is 137 Å². The highest BCUT2D eigenvalue weighted by Crippen LogP contribution is 2.30. The van der Waals surface area contributed by atoms with Gasteiger partial charge in [0.25, 0.3) is 0 Å². The zero-order chi connectivity index (χ0) is 15.2. The Morgan fingerprint density at radius 1 is 1.33 bits per heavy atom. The molecule has 1 aliphatic heterocycles. The van der Waals surface area contributed by atoms with Crippen LogP contribution in [0.2, 0.25) is 0 Å². The van der Waals surface area contributed by atoms with Gasteiger partial charge in [0.05, 0.1) is 11.8 Å². The van der Waals surface area contributed by atoms with E-state index in [1.807, 2.05) is 0 Å². The van der Waals surface area contributed by atoms with Gasteiger partial charge in [0.15, 0.2) is 0 Å². The van der Waals surface area contributed by atoms with Crippen LogP contribution >= 0.6 is 15.9 Å². The number of hydrogen-bond acceptors (Lipinski definition) is 3. The molecule has 1 atom stereocenters. The Hall–Kier alpha value is -0.580. The number of hydrogen-bond donors (Lipinski definition) is 1. The average Bonchev–Trinajstić information content (AvgIpc) is 2.49. The minimum atomic E-state index is 0.254. The van der Waals surface area contributed by atoms with E-state index in [9.17, 15) is 0 Å². The second kappa shape index (κ2) is 8.16. The first-order valence-electron chi connectivity index (χ1n) is 8.04. The zero-order valence-electron chi connectivity index (χ0n) is 13.1. The van der Waals surface area contributed by atoms with Crippen LogP contribution in [-0.4, -0.2) is 31.8 Å². The van der Waals surface area contributed by atoms with Gasteiger partial charge >= 0.3 is 0 Å². The fourth-order valence-electron chi connectivity index (χ4n) is 2.88. The molecule has 1 aromatic carbocycles. The minimum Gasteiger partial charge on any atom is -0.378 e. The molecule has 1 aromatic rings. The lowest BCUT2D eigenvalue weighted by atomic mass is 10.0. The molecule has 2 N–H and O–H groups in total. The van der Waals surface area contributed by atoms with E-state index in [2.05, 4.69) is 52.9 Å². The fourth-order valence-corrected chi connectivity index (χ4v) is 3.56.